The topological polar surface area (TPSA) is 72.1 Å². The number of amides is 1. The van der Waals surface area contributed by atoms with Crippen LogP contribution in [0.4, 0.5) is 0 Å². The van der Waals surface area contributed by atoms with Crippen molar-refractivity contribution >= 4 is 5.91 Å². The molecule has 2 N–H and O–H groups in total. The first kappa shape index (κ1) is 12.0. The maximum atomic E-state index is 12.2. The molecule has 5 nitrogen and oxygen atoms in total. The molecule has 1 heterocycles. The maximum absolute atomic E-state index is 12.2. The summed E-state index contributed by atoms with van der Waals surface area (Å²) >= 11 is 0. The molecule has 1 aromatic heterocycles. The van der Waals surface area contributed by atoms with Gasteiger partial charge in [0, 0.05) is 13.1 Å². The summed E-state index contributed by atoms with van der Waals surface area (Å²) in [6, 6.07) is 1.96. The lowest BCUT2D eigenvalue weighted by molar-refractivity contribution is 0.0699. The average Bonchev–Trinajstić information content (AvgIpc) is 2.86. The van der Waals surface area contributed by atoms with Gasteiger partial charge < -0.3 is 10.6 Å². The monoisotopic (exact) mass is 234 g/mol. The van der Waals surface area contributed by atoms with E-state index in [1.54, 1.807) is 6.07 Å². The number of carbonyl (C=O) groups excluding carboxylic acids is 1. The third-order valence-electron chi connectivity index (χ3n) is 3.57. The third-order valence-corrected chi connectivity index (χ3v) is 3.57. The molecule has 5 heteroatoms. The average molecular weight is 234 g/mol. The molecule has 0 spiro atoms. The van der Waals surface area contributed by atoms with Gasteiger partial charge in [0.25, 0.3) is 5.91 Å². The second-order valence-corrected chi connectivity index (χ2v) is 4.54. The fourth-order valence-electron chi connectivity index (χ4n) is 2.57. The highest BCUT2D eigenvalue weighted by molar-refractivity contribution is 5.93. The van der Waals surface area contributed by atoms with Crippen LogP contribution in [-0.4, -0.2) is 40.6 Å². The molecule has 0 radical (unpaired) electrons. The Morgan fingerprint density at radius 2 is 2.35 bits per heavy atom. The molecule has 0 bridgehead atoms. The van der Waals surface area contributed by atoms with Crippen molar-refractivity contribution < 1.29 is 4.79 Å². The fraction of sp³-hybridized carbons (Fsp3) is 0.583. The zero-order chi connectivity index (χ0) is 12.3. The molecule has 1 aromatic rings. The quantitative estimate of drug-likeness (QED) is 0.834. The zero-order valence-electron chi connectivity index (χ0n) is 10.0. The van der Waals surface area contributed by atoms with Crippen molar-refractivity contribution in [3.05, 3.63) is 24.0 Å². The van der Waals surface area contributed by atoms with Gasteiger partial charge in [0.15, 0.2) is 0 Å². The van der Waals surface area contributed by atoms with E-state index < -0.39 is 0 Å². The largest absolute Gasteiger partial charge is 0.338 e. The fourth-order valence-corrected chi connectivity index (χ4v) is 2.57. The lowest BCUT2D eigenvalue weighted by Crippen LogP contribution is -2.41. The van der Waals surface area contributed by atoms with E-state index >= 15 is 0 Å². The van der Waals surface area contributed by atoms with Crippen molar-refractivity contribution in [2.24, 2.45) is 11.7 Å². The second-order valence-electron chi connectivity index (χ2n) is 4.54. The van der Waals surface area contributed by atoms with Gasteiger partial charge >= 0.3 is 0 Å². The van der Waals surface area contributed by atoms with Crippen LogP contribution in [-0.2, 0) is 0 Å². The Hall–Kier alpha value is -1.49. The Bertz CT molecular complexity index is 381. The predicted octanol–water partition coefficient (Wildman–Crippen LogP) is 0.676. The van der Waals surface area contributed by atoms with Gasteiger partial charge in [-0.2, -0.15) is 10.2 Å². The SMILES string of the molecule is CN(C(=O)c1ccnnc1)C1CCCC1CN. The van der Waals surface area contributed by atoms with E-state index in [1.807, 2.05) is 11.9 Å². The van der Waals surface area contributed by atoms with Crippen molar-refractivity contribution in [2.45, 2.75) is 25.3 Å². The summed E-state index contributed by atoms with van der Waals surface area (Å²) in [5, 5.41) is 7.41. The molecule has 17 heavy (non-hydrogen) atoms. The van der Waals surface area contributed by atoms with Gasteiger partial charge in [-0.1, -0.05) is 6.42 Å². The van der Waals surface area contributed by atoms with E-state index in [2.05, 4.69) is 10.2 Å². The van der Waals surface area contributed by atoms with Gasteiger partial charge in [0.05, 0.1) is 18.0 Å². The van der Waals surface area contributed by atoms with Crippen LogP contribution in [0, 0.1) is 5.92 Å². The summed E-state index contributed by atoms with van der Waals surface area (Å²) in [6.45, 7) is 0.650. The van der Waals surface area contributed by atoms with Crippen LogP contribution >= 0.6 is 0 Å². The van der Waals surface area contributed by atoms with Crippen molar-refractivity contribution in [1.29, 1.82) is 0 Å². The number of nitrogens with two attached hydrogens (primary N) is 1. The van der Waals surface area contributed by atoms with Gasteiger partial charge in [-0.3, -0.25) is 4.79 Å². The Balaban J connectivity index is 2.10. The molecule has 1 amide bonds. The highest BCUT2D eigenvalue weighted by Gasteiger charge is 2.32. The molecule has 1 aliphatic carbocycles. The first-order valence-electron chi connectivity index (χ1n) is 5.98. The van der Waals surface area contributed by atoms with E-state index in [0.29, 0.717) is 18.0 Å². The summed E-state index contributed by atoms with van der Waals surface area (Å²) in [6.07, 6.45) is 6.36. The molecule has 1 aliphatic rings. The van der Waals surface area contributed by atoms with E-state index in [4.69, 9.17) is 5.73 Å². The molecular formula is C12H18N4O. The minimum atomic E-state index is 0.00486. The maximum Gasteiger partial charge on any atom is 0.255 e. The predicted molar refractivity (Wildman–Crippen MR) is 64.3 cm³/mol. The van der Waals surface area contributed by atoms with Gasteiger partial charge in [0.1, 0.15) is 0 Å². The molecule has 92 valence electrons. The number of aromatic nitrogens is 2. The summed E-state index contributed by atoms with van der Waals surface area (Å²) < 4.78 is 0. The summed E-state index contributed by atoms with van der Waals surface area (Å²) in [4.78, 5) is 14.0. The number of rotatable bonds is 3. The van der Waals surface area contributed by atoms with Crippen molar-refractivity contribution in [3.63, 3.8) is 0 Å². The van der Waals surface area contributed by atoms with Crippen molar-refractivity contribution in [1.82, 2.24) is 15.1 Å². The van der Waals surface area contributed by atoms with Crippen LogP contribution < -0.4 is 5.73 Å². The first-order valence-corrected chi connectivity index (χ1v) is 5.98. The van der Waals surface area contributed by atoms with Gasteiger partial charge in [-0.15, -0.1) is 0 Å². The smallest absolute Gasteiger partial charge is 0.255 e. The summed E-state index contributed by atoms with van der Waals surface area (Å²) in [7, 11) is 1.85. The number of carbonyl (C=O) groups is 1. The number of nitrogens with zero attached hydrogens (tertiary/aromatic N) is 3. The number of hydrogen-bond donors (Lipinski definition) is 1. The van der Waals surface area contributed by atoms with Gasteiger partial charge in [0.2, 0.25) is 0 Å². The minimum Gasteiger partial charge on any atom is -0.338 e. The highest BCUT2D eigenvalue weighted by Crippen LogP contribution is 2.29. The molecule has 0 aliphatic heterocycles. The molecule has 0 aromatic carbocycles. The molecule has 2 unspecified atom stereocenters. The molecule has 0 saturated heterocycles. The Labute approximate surface area is 101 Å². The van der Waals surface area contributed by atoms with Crippen LogP contribution in [0.15, 0.2) is 18.5 Å². The normalized spacial score (nSPS) is 23.6. The standard InChI is InChI=1S/C12H18N4O/c1-16(11-4-2-3-9(11)7-13)12(17)10-5-6-14-15-8-10/h5-6,8-9,11H,2-4,7,13H2,1H3. The molecule has 1 saturated carbocycles. The molecular weight excluding hydrogens is 216 g/mol. The van der Waals surface area contributed by atoms with Crippen LogP contribution in [0.3, 0.4) is 0 Å². The van der Waals surface area contributed by atoms with Gasteiger partial charge in [-0.05, 0) is 31.4 Å². The number of hydrogen-bond acceptors (Lipinski definition) is 4. The Morgan fingerprint density at radius 1 is 1.53 bits per heavy atom. The first-order chi connectivity index (χ1) is 8.24. The third kappa shape index (κ3) is 2.44. The lowest BCUT2D eigenvalue weighted by Gasteiger charge is -2.29. The van der Waals surface area contributed by atoms with E-state index in [1.165, 1.54) is 12.4 Å². The highest BCUT2D eigenvalue weighted by atomic mass is 16.2. The van der Waals surface area contributed by atoms with Crippen molar-refractivity contribution in [2.75, 3.05) is 13.6 Å². The zero-order valence-corrected chi connectivity index (χ0v) is 10.0. The summed E-state index contributed by atoms with van der Waals surface area (Å²) in [5.41, 5.74) is 6.33. The molecule has 1 fully saturated rings. The Kier molecular flexibility index (Phi) is 3.68. The summed E-state index contributed by atoms with van der Waals surface area (Å²) in [5.74, 6) is 0.434. The van der Waals surface area contributed by atoms with Gasteiger partial charge in [-0.25, -0.2) is 0 Å². The second kappa shape index (κ2) is 5.23. The van der Waals surface area contributed by atoms with Crippen molar-refractivity contribution in [3.8, 4) is 0 Å². The van der Waals surface area contributed by atoms with Crippen LogP contribution in [0.2, 0.25) is 0 Å². The Morgan fingerprint density at radius 3 is 3.00 bits per heavy atom. The molecule has 2 atom stereocenters. The van der Waals surface area contributed by atoms with E-state index in [9.17, 15) is 4.79 Å². The molecule has 2 rings (SSSR count). The van der Waals surface area contributed by atoms with E-state index in [0.717, 1.165) is 19.3 Å². The van der Waals surface area contributed by atoms with E-state index in [-0.39, 0.29) is 11.9 Å². The van der Waals surface area contributed by atoms with Crippen LogP contribution in [0.5, 0.6) is 0 Å². The lowest BCUT2D eigenvalue weighted by atomic mass is 10.0. The minimum absolute atomic E-state index is 0.00486. The van der Waals surface area contributed by atoms with Crippen LogP contribution in [0.25, 0.3) is 0 Å². The van der Waals surface area contributed by atoms with Crippen LogP contribution in [0.1, 0.15) is 29.6 Å².